The van der Waals surface area contributed by atoms with Crippen LogP contribution in [0.5, 0.6) is 0 Å². The van der Waals surface area contributed by atoms with Gasteiger partial charge in [0.25, 0.3) is 0 Å². The zero-order valence-corrected chi connectivity index (χ0v) is 6.85. The van der Waals surface area contributed by atoms with Gasteiger partial charge >= 0.3 is 0 Å². The maximum atomic E-state index is 8.62. The monoisotopic (exact) mass is 140 g/mol. The van der Waals surface area contributed by atoms with Crippen molar-refractivity contribution < 1.29 is 5.11 Å². The van der Waals surface area contributed by atoms with E-state index in [4.69, 9.17) is 5.11 Å². The molecule has 58 valence electrons. The molecule has 0 aliphatic heterocycles. The third kappa shape index (κ3) is 1.84. The van der Waals surface area contributed by atoms with Crippen molar-refractivity contribution >= 4 is 0 Å². The predicted molar refractivity (Wildman–Crippen MR) is 42.8 cm³/mol. The zero-order valence-electron chi connectivity index (χ0n) is 6.85. The van der Waals surface area contributed by atoms with Crippen LogP contribution < -0.4 is 0 Å². The van der Waals surface area contributed by atoms with Gasteiger partial charge < -0.3 is 5.11 Å². The summed E-state index contributed by atoms with van der Waals surface area (Å²) < 4.78 is 0. The van der Waals surface area contributed by atoms with Crippen molar-refractivity contribution in [2.24, 2.45) is 5.41 Å². The number of aliphatic hydroxyl groups is 1. The highest BCUT2D eigenvalue weighted by atomic mass is 16.2. The fraction of sp³-hybridized carbons (Fsp3) is 0.778. The quantitative estimate of drug-likeness (QED) is 0.553. The molecule has 0 unspecified atom stereocenters. The molecule has 0 atom stereocenters. The minimum absolute atomic E-state index is 0.214. The van der Waals surface area contributed by atoms with E-state index in [0.717, 1.165) is 0 Å². The van der Waals surface area contributed by atoms with E-state index >= 15 is 0 Å². The van der Waals surface area contributed by atoms with Crippen LogP contribution in [0, 0.1) is 5.41 Å². The van der Waals surface area contributed by atoms with Gasteiger partial charge in [-0.05, 0) is 24.7 Å². The molecule has 0 aromatic carbocycles. The van der Waals surface area contributed by atoms with E-state index in [1.807, 2.05) is 6.08 Å². The van der Waals surface area contributed by atoms with Crippen LogP contribution in [0.1, 0.15) is 33.1 Å². The van der Waals surface area contributed by atoms with Gasteiger partial charge in [-0.3, -0.25) is 0 Å². The third-order valence-electron chi connectivity index (χ3n) is 2.21. The standard InChI is InChI=1S/C9H16O/c1-9(2)5-3-8(7-9)4-6-10/h4,10H,3,5-7H2,1-2H3. The molecule has 0 radical (unpaired) electrons. The summed E-state index contributed by atoms with van der Waals surface area (Å²) in [5, 5.41) is 8.62. The fourth-order valence-electron chi connectivity index (χ4n) is 1.59. The Labute approximate surface area is 62.8 Å². The molecule has 1 saturated carbocycles. The van der Waals surface area contributed by atoms with Crippen LogP contribution in [-0.4, -0.2) is 11.7 Å². The van der Waals surface area contributed by atoms with Gasteiger partial charge in [0.15, 0.2) is 0 Å². The van der Waals surface area contributed by atoms with Crippen LogP contribution in [0.2, 0.25) is 0 Å². The van der Waals surface area contributed by atoms with E-state index in [9.17, 15) is 0 Å². The zero-order chi connectivity index (χ0) is 7.61. The minimum Gasteiger partial charge on any atom is -0.392 e. The van der Waals surface area contributed by atoms with Crippen molar-refractivity contribution in [2.45, 2.75) is 33.1 Å². The van der Waals surface area contributed by atoms with E-state index < -0.39 is 0 Å². The molecule has 1 aliphatic carbocycles. The largest absolute Gasteiger partial charge is 0.392 e. The van der Waals surface area contributed by atoms with Gasteiger partial charge in [-0.25, -0.2) is 0 Å². The summed E-state index contributed by atoms with van der Waals surface area (Å²) in [6, 6.07) is 0. The number of hydrogen-bond donors (Lipinski definition) is 1. The molecule has 0 bridgehead atoms. The average Bonchev–Trinajstić information content (AvgIpc) is 2.12. The maximum Gasteiger partial charge on any atom is 0.0615 e. The molecule has 1 aliphatic rings. The highest BCUT2D eigenvalue weighted by Crippen LogP contribution is 2.40. The summed E-state index contributed by atoms with van der Waals surface area (Å²) in [5.41, 5.74) is 1.92. The van der Waals surface area contributed by atoms with E-state index in [0.29, 0.717) is 5.41 Å². The van der Waals surface area contributed by atoms with E-state index in [2.05, 4.69) is 13.8 Å². The maximum absolute atomic E-state index is 8.62. The third-order valence-corrected chi connectivity index (χ3v) is 2.21. The first-order valence-corrected chi connectivity index (χ1v) is 3.93. The van der Waals surface area contributed by atoms with Crippen molar-refractivity contribution in [3.05, 3.63) is 11.6 Å². The van der Waals surface area contributed by atoms with E-state index in [1.54, 1.807) is 0 Å². The molecule has 1 fully saturated rings. The van der Waals surface area contributed by atoms with Crippen LogP contribution in [-0.2, 0) is 0 Å². The van der Waals surface area contributed by atoms with Gasteiger partial charge in [0.2, 0.25) is 0 Å². The molecule has 1 N–H and O–H groups in total. The molecule has 0 aromatic rings. The second-order valence-electron chi connectivity index (χ2n) is 3.89. The molecule has 0 saturated heterocycles. The van der Waals surface area contributed by atoms with Crippen molar-refractivity contribution in [3.63, 3.8) is 0 Å². The van der Waals surface area contributed by atoms with Crippen molar-refractivity contribution in [3.8, 4) is 0 Å². The fourth-order valence-corrected chi connectivity index (χ4v) is 1.59. The number of allylic oxidation sites excluding steroid dienone is 1. The summed E-state index contributed by atoms with van der Waals surface area (Å²) in [6.07, 6.45) is 5.59. The van der Waals surface area contributed by atoms with Gasteiger partial charge in [-0.15, -0.1) is 0 Å². The molecule has 0 spiro atoms. The lowest BCUT2D eigenvalue weighted by molar-refractivity contribution is 0.341. The Morgan fingerprint density at radius 1 is 1.60 bits per heavy atom. The second kappa shape index (κ2) is 2.75. The Kier molecular flexibility index (Phi) is 2.14. The van der Waals surface area contributed by atoms with E-state index in [1.165, 1.54) is 24.8 Å². The summed E-state index contributed by atoms with van der Waals surface area (Å²) in [6.45, 7) is 4.78. The lowest BCUT2D eigenvalue weighted by atomic mass is 9.92. The highest BCUT2D eigenvalue weighted by molar-refractivity contribution is 5.10. The number of aliphatic hydroxyl groups excluding tert-OH is 1. The van der Waals surface area contributed by atoms with Gasteiger partial charge in [0.1, 0.15) is 0 Å². The van der Waals surface area contributed by atoms with Gasteiger partial charge in [0, 0.05) is 0 Å². The Bertz CT molecular complexity index is 145. The molecule has 0 aromatic heterocycles. The van der Waals surface area contributed by atoms with Crippen LogP contribution in [0.25, 0.3) is 0 Å². The SMILES string of the molecule is CC1(C)CCC(=CCO)C1. The first-order valence-electron chi connectivity index (χ1n) is 3.93. The van der Waals surface area contributed by atoms with Crippen molar-refractivity contribution in [1.82, 2.24) is 0 Å². The normalized spacial score (nSPS) is 27.7. The molecule has 1 rings (SSSR count). The van der Waals surface area contributed by atoms with Gasteiger partial charge in [0.05, 0.1) is 6.61 Å². The van der Waals surface area contributed by atoms with Crippen molar-refractivity contribution in [2.75, 3.05) is 6.61 Å². The first kappa shape index (κ1) is 7.80. The van der Waals surface area contributed by atoms with Gasteiger partial charge in [-0.1, -0.05) is 25.5 Å². The lowest BCUT2D eigenvalue weighted by Crippen LogP contribution is -2.02. The predicted octanol–water partition coefficient (Wildman–Crippen LogP) is 2.12. The van der Waals surface area contributed by atoms with Gasteiger partial charge in [-0.2, -0.15) is 0 Å². The minimum atomic E-state index is 0.214. The van der Waals surface area contributed by atoms with Crippen molar-refractivity contribution in [1.29, 1.82) is 0 Å². The highest BCUT2D eigenvalue weighted by Gasteiger charge is 2.25. The topological polar surface area (TPSA) is 20.2 Å². The average molecular weight is 140 g/mol. The smallest absolute Gasteiger partial charge is 0.0615 e. The Morgan fingerprint density at radius 3 is 2.70 bits per heavy atom. The first-order chi connectivity index (χ1) is 4.64. The Morgan fingerprint density at radius 2 is 2.30 bits per heavy atom. The Hall–Kier alpha value is -0.300. The summed E-state index contributed by atoms with van der Waals surface area (Å²) in [7, 11) is 0. The van der Waals surface area contributed by atoms with Crippen LogP contribution >= 0.6 is 0 Å². The summed E-state index contributed by atoms with van der Waals surface area (Å²) in [5.74, 6) is 0. The summed E-state index contributed by atoms with van der Waals surface area (Å²) >= 11 is 0. The molecular weight excluding hydrogens is 124 g/mol. The number of rotatable bonds is 1. The number of hydrogen-bond acceptors (Lipinski definition) is 1. The molecular formula is C9H16O. The van der Waals surface area contributed by atoms with Crippen LogP contribution in [0.4, 0.5) is 0 Å². The molecule has 1 heteroatoms. The molecule has 10 heavy (non-hydrogen) atoms. The second-order valence-corrected chi connectivity index (χ2v) is 3.89. The van der Waals surface area contributed by atoms with Crippen LogP contribution in [0.15, 0.2) is 11.6 Å². The summed E-state index contributed by atoms with van der Waals surface area (Å²) in [4.78, 5) is 0. The molecule has 0 amide bonds. The molecule has 1 nitrogen and oxygen atoms in total. The molecule has 0 heterocycles. The van der Waals surface area contributed by atoms with E-state index in [-0.39, 0.29) is 6.61 Å². The lowest BCUT2D eigenvalue weighted by Gasteiger charge is -2.14. The Balaban J connectivity index is 2.51. The van der Waals surface area contributed by atoms with Crippen LogP contribution in [0.3, 0.4) is 0 Å².